The van der Waals surface area contributed by atoms with Crippen molar-refractivity contribution < 1.29 is 9.90 Å². The molecule has 3 rings (SSSR count). The molecule has 21 heavy (non-hydrogen) atoms. The van der Waals surface area contributed by atoms with Crippen LogP contribution in [0.2, 0.25) is 0 Å². The second-order valence-corrected chi connectivity index (χ2v) is 5.78. The zero-order valence-corrected chi connectivity index (χ0v) is 12.2. The van der Waals surface area contributed by atoms with Crippen molar-refractivity contribution in [1.29, 1.82) is 0 Å². The highest BCUT2D eigenvalue weighted by Crippen LogP contribution is 2.32. The Morgan fingerprint density at radius 3 is 2.52 bits per heavy atom. The average molecular weight is 283 g/mol. The maximum Gasteiger partial charge on any atom is 0.305 e. The highest BCUT2D eigenvalue weighted by molar-refractivity contribution is 5.86. The number of carbonyl (C=O) groups is 1. The third kappa shape index (κ3) is 3.08. The molecule has 0 saturated carbocycles. The summed E-state index contributed by atoms with van der Waals surface area (Å²) in [5.74, 6) is -0.724. The first kappa shape index (κ1) is 14.1. The molecule has 0 bridgehead atoms. The molecule has 3 heteroatoms. The Morgan fingerprint density at radius 1 is 1.05 bits per heavy atom. The summed E-state index contributed by atoms with van der Waals surface area (Å²) in [6.45, 7) is 2.00. The van der Waals surface area contributed by atoms with Gasteiger partial charge in [0.2, 0.25) is 0 Å². The van der Waals surface area contributed by atoms with Gasteiger partial charge in [-0.05, 0) is 42.3 Å². The summed E-state index contributed by atoms with van der Waals surface area (Å²) < 4.78 is 0. The van der Waals surface area contributed by atoms with Crippen molar-refractivity contribution in [2.45, 2.75) is 31.7 Å². The summed E-state index contributed by atoms with van der Waals surface area (Å²) in [7, 11) is 0. The topological polar surface area (TPSA) is 40.5 Å². The van der Waals surface area contributed by atoms with Gasteiger partial charge in [-0.15, -0.1) is 0 Å². The lowest BCUT2D eigenvalue weighted by atomic mass is 9.94. The van der Waals surface area contributed by atoms with Gasteiger partial charge in [-0.3, -0.25) is 9.69 Å². The number of carboxylic acid groups (broad SMARTS) is 1. The average Bonchev–Trinajstić information content (AvgIpc) is 2.53. The zero-order valence-electron chi connectivity index (χ0n) is 12.2. The van der Waals surface area contributed by atoms with Gasteiger partial charge in [0.05, 0.1) is 6.42 Å². The van der Waals surface area contributed by atoms with Crippen molar-refractivity contribution in [1.82, 2.24) is 4.90 Å². The molecule has 0 radical (unpaired) electrons. The highest BCUT2D eigenvalue weighted by atomic mass is 16.4. The molecule has 0 aliphatic carbocycles. The van der Waals surface area contributed by atoms with Crippen LogP contribution in [-0.4, -0.2) is 29.1 Å². The fourth-order valence-corrected chi connectivity index (χ4v) is 3.37. The number of aliphatic carboxylic acids is 1. The van der Waals surface area contributed by atoms with E-state index in [4.69, 9.17) is 0 Å². The van der Waals surface area contributed by atoms with Crippen LogP contribution in [0.1, 0.15) is 37.3 Å². The number of fused-ring (bicyclic) bond motifs is 1. The molecule has 1 atom stereocenters. The van der Waals surface area contributed by atoms with E-state index >= 15 is 0 Å². The van der Waals surface area contributed by atoms with Gasteiger partial charge in [-0.25, -0.2) is 0 Å². The first-order valence-corrected chi connectivity index (χ1v) is 7.69. The van der Waals surface area contributed by atoms with E-state index in [9.17, 15) is 9.90 Å². The van der Waals surface area contributed by atoms with E-state index in [2.05, 4.69) is 29.2 Å². The van der Waals surface area contributed by atoms with Gasteiger partial charge in [0, 0.05) is 6.04 Å². The number of benzene rings is 2. The number of carboxylic acids is 1. The molecule has 3 nitrogen and oxygen atoms in total. The molecule has 1 aliphatic rings. The van der Waals surface area contributed by atoms with E-state index in [-0.39, 0.29) is 12.5 Å². The van der Waals surface area contributed by atoms with Crippen molar-refractivity contribution in [2.75, 3.05) is 13.1 Å². The van der Waals surface area contributed by atoms with Crippen molar-refractivity contribution >= 4 is 16.7 Å². The van der Waals surface area contributed by atoms with Gasteiger partial charge in [0.15, 0.2) is 0 Å². The Morgan fingerprint density at radius 2 is 1.76 bits per heavy atom. The molecule has 0 spiro atoms. The number of hydrogen-bond acceptors (Lipinski definition) is 2. The normalized spacial score (nSPS) is 17.7. The first-order valence-electron chi connectivity index (χ1n) is 7.69. The highest BCUT2D eigenvalue weighted by Gasteiger charge is 2.25. The van der Waals surface area contributed by atoms with Crippen LogP contribution in [0.25, 0.3) is 10.8 Å². The Kier molecular flexibility index (Phi) is 4.20. The van der Waals surface area contributed by atoms with Crippen LogP contribution in [0.5, 0.6) is 0 Å². The maximum absolute atomic E-state index is 11.3. The molecule has 1 aliphatic heterocycles. The molecule has 2 aromatic rings. The Bertz CT molecular complexity index is 627. The van der Waals surface area contributed by atoms with Crippen LogP contribution >= 0.6 is 0 Å². The van der Waals surface area contributed by atoms with Crippen molar-refractivity contribution in [3.8, 4) is 0 Å². The second kappa shape index (κ2) is 6.27. The van der Waals surface area contributed by atoms with Gasteiger partial charge in [-0.2, -0.15) is 0 Å². The molecule has 1 N–H and O–H groups in total. The molecule has 0 amide bonds. The summed E-state index contributed by atoms with van der Waals surface area (Å²) in [6, 6.07) is 14.4. The maximum atomic E-state index is 11.3. The fraction of sp³-hybridized carbons (Fsp3) is 0.389. The third-order valence-electron chi connectivity index (χ3n) is 4.38. The number of hydrogen-bond donors (Lipinski definition) is 1. The molecule has 1 fully saturated rings. The SMILES string of the molecule is O=C(O)CC(c1cccc2ccccc12)N1CCCCC1. The van der Waals surface area contributed by atoms with Crippen molar-refractivity contribution in [2.24, 2.45) is 0 Å². The predicted octanol–water partition coefficient (Wildman–Crippen LogP) is 3.84. The molecule has 1 saturated heterocycles. The van der Waals surface area contributed by atoms with Crippen LogP contribution in [0.3, 0.4) is 0 Å². The molecule has 1 unspecified atom stereocenters. The van der Waals surface area contributed by atoms with Gasteiger partial charge in [0.1, 0.15) is 0 Å². The fourth-order valence-electron chi connectivity index (χ4n) is 3.37. The summed E-state index contributed by atoms with van der Waals surface area (Å²) in [5, 5.41) is 11.7. The number of rotatable bonds is 4. The minimum absolute atomic E-state index is 0.0195. The Labute approximate surface area is 125 Å². The van der Waals surface area contributed by atoms with Crippen LogP contribution < -0.4 is 0 Å². The first-order chi connectivity index (χ1) is 10.3. The summed E-state index contributed by atoms with van der Waals surface area (Å²) in [5.41, 5.74) is 1.15. The van der Waals surface area contributed by atoms with Crippen LogP contribution in [0.15, 0.2) is 42.5 Å². The van der Waals surface area contributed by atoms with Crippen LogP contribution in [0, 0.1) is 0 Å². The van der Waals surface area contributed by atoms with Gasteiger partial charge in [0.25, 0.3) is 0 Å². The molecular formula is C18H21NO2. The van der Waals surface area contributed by atoms with Crippen molar-refractivity contribution in [3.05, 3.63) is 48.0 Å². The van der Waals surface area contributed by atoms with E-state index in [1.807, 2.05) is 18.2 Å². The van der Waals surface area contributed by atoms with E-state index in [1.165, 1.54) is 30.0 Å². The number of likely N-dealkylation sites (tertiary alicyclic amines) is 1. The predicted molar refractivity (Wildman–Crippen MR) is 84.4 cm³/mol. The van der Waals surface area contributed by atoms with Gasteiger partial charge < -0.3 is 5.11 Å². The smallest absolute Gasteiger partial charge is 0.305 e. The number of piperidine rings is 1. The van der Waals surface area contributed by atoms with E-state index in [0.717, 1.165) is 18.7 Å². The molecule has 2 aromatic carbocycles. The molecular weight excluding hydrogens is 262 g/mol. The second-order valence-electron chi connectivity index (χ2n) is 5.78. The summed E-state index contributed by atoms with van der Waals surface area (Å²) >= 11 is 0. The van der Waals surface area contributed by atoms with Crippen molar-refractivity contribution in [3.63, 3.8) is 0 Å². The zero-order chi connectivity index (χ0) is 14.7. The quantitative estimate of drug-likeness (QED) is 0.926. The number of nitrogens with zero attached hydrogens (tertiary/aromatic N) is 1. The van der Waals surface area contributed by atoms with Gasteiger partial charge in [-0.1, -0.05) is 48.9 Å². The Hall–Kier alpha value is -1.87. The molecule has 110 valence electrons. The van der Waals surface area contributed by atoms with E-state index in [1.54, 1.807) is 0 Å². The summed E-state index contributed by atoms with van der Waals surface area (Å²) in [4.78, 5) is 13.7. The largest absolute Gasteiger partial charge is 0.481 e. The minimum atomic E-state index is -0.724. The van der Waals surface area contributed by atoms with Gasteiger partial charge >= 0.3 is 5.97 Å². The van der Waals surface area contributed by atoms with Crippen LogP contribution in [0.4, 0.5) is 0 Å². The lowest BCUT2D eigenvalue weighted by Crippen LogP contribution is -2.35. The monoisotopic (exact) mass is 283 g/mol. The van der Waals surface area contributed by atoms with E-state index < -0.39 is 5.97 Å². The molecule has 0 aromatic heterocycles. The molecule has 1 heterocycles. The Balaban J connectivity index is 2.02. The van der Waals surface area contributed by atoms with E-state index in [0.29, 0.717) is 0 Å². The minimum Gasteiger partial charge on any atom is -0.481 e. The summed E-state index contributed by atoms with van der Waals surface area (Å²) in [6.07, 6.45) is 3.77. The lowest BCUT2D eigenvalue weighted by molar-refractivity contribution is -0.138. The lowest BCUT2D eigenvalue weighted by Gasteiger charge is -2.34. The van der Waals surface area contributed by atoms with Crippen LogP contribution in [-0.2, 0) is 4.79 Å². The standard InChI is InChI=1S/C18H21NO2/c20-18(21)13-17(19-11-4-1-5-12-19)16-10-6-8-14-7-2-3-9-15(14)16/h2-3,6-10,17H,1,4-5,11-13H2,(H,20,21). The third-order valence-corrected chi connectivity index (χ3v) is 4.38.